The lowest BCUT2D eigenvalue weighted by Gasteiger charge is -2.33. The minimum atomic E-state index is -0.726. The molecule has 0 unspecified atom stereocenters. The number of ether oxygens (including phenoxy) is 1. The monoisotopic (exact) mass is 596 g/mol. The van der Waals surface area contributed by atoms with Gasteiger partial charge in [-0.15, -0.1) is 10.2 Å². The van der Waals surface area contributed by atoms with Gasteiger partial charge < -0.3 is 14.7 Å². The SMILES string of the molecule is CCN1C[C@@H]2C[C@H]1CN2c1ccc(Oc2cc(CN3CCC(CC(=O)O)CC3)cc(-c3cc(Cl)cc(Cl)c3)n2)nn1. The normalized spacial score (nSPS) is 21.5. The lowest BCUT2D eigenvalue weighted by atomic mass is 9.93. The number of hydrogen-bond donors (Lipinski definition) is 1. The number of fused-ring (bicyclic) bond motifs is 2. The van der Waals surface area contributed by atoms with Crippen LogP contribution in [0.5, 0.6) is 11.8 Å². The van der Waals surface area contributed by atoms with Crippen molar-refractivity contribution >= 4 is 35.0 Å². The van der Waals surface area contributed by atoms with Crippen molar-refractivity contribution < 1.29 is 14.6 Å². The van der Waals surface area contributed by atoms with E-state index in [1.807, 2.05) is 36.4 Å². The highest BCUT2D eigenvalue weighted by Crippen LogP contribution is 2.34. The summed E-state index contributed by atoms with van der Waals surface area (Å²) in [6, 6.07) is 14.2. The topological polar surface area (TPSA) is 94.9 Å². The summed E-state index contributed by atoms with van der Waals surface area (Å²) in [6.45, 7) is 7.74. The molecule has 2 bridgehead atoms. The van der Waals surface area contributed by atoms with E-state index < -0.39 is 5.97 Å². The molecule has 3 saturated heterocycles. The number of nitrogens with zero attached hydrogens (tertiary/aromatic N) is 6. The van der Waals surface area contributed by atoms with Crippen LogP contribution in [0.15, 0.2) is 42.5 Å². The summed E-state index contributed by atoms with van der Waals surface area (Å²) in [5.74, 6) is 1.17. The lowest BCUT2D eigenvalue weighted by molar-refractivity contribution is -0.138. The zero-order valence-electron chi connectivity index (χ0n) is 23.0. The van der Waals surface area contributed by atoms with E-state index in [9.17, 15) is 4.79 Å². The van der Waals surface area contributed by atoms with E-state index in [4.69, 9.17) is 38.0 Å². The van der Waals surface area contributed by atoms with E-state index >= 15 is 0 Å². The number of halogens is 2. The van der Waals surface area contributed by atoms with Crippen LogP contribution in [0.1, 0.15) is 38.2 Å². The number of carbonyl (C=O) groups is 1. The maximum Gasteiger partial charge on any atom is 0.303 e. The van der Waals surface area contributed by atoms with Gasteiger partial charge in [0.05, 0.1) is 5.69 Å². The fourth-order valence-electron chi connectivity index (χ4n) is 6.45. The number of anilines is 1. The number of piperazine rings is 1. The molecule has 41 heavy (non-hydrogen) atoms. The third-order valence-corrected chi connectivity index (χ3v) is 8.92. The van der Waals surface area contributed by atoms with Crippen molar-refractivity contribution in [1.82, 2.24) is 25.0 Å². The van der Waals surface area contributed by atoms with Crippen LogP contribution in [-0.2, 0) is 11.3 Å². The first kappa shape index (κ1) is 28.2. The van der Waals surface area contributed by atoms with Crippen molar-refractivity contribution in [2.75, 3.05) is 37.6 Å². The summed E-state index contributed by atoms with van der Waals surface area (Å²) in [6.07, 6.45) is 3.15. The first-order valence-electron chi connectivity index (χ1n) is 14.3. The molecule has 0 spiro atoms. The second kappa shape index (κ2) is 12.1. The number of carboxylic acids is 1. The average molecular weight is 598 g/mol. The van der Waals surface area contributed by atoms with Crippen LogP contribution >= 0.6 is 23.2 Å². The quantitative estimate of drug-likeness (QED) is 0.338. The number of piperidine rings is 1. The predicted molar refractivity (Wildman–Crippen MR) is 159 cm³/mol. The average Bonchev–Trinajstić information content (AvgIpc) is 3.55. The molecule has 3 aromatic rings. The van der Waals surface area contributed by atoms with Gasteiger partial charge in [0, 0.05) is 65.9 Å². The van der Waals surface area contributed by atoms with Crippen molar-refractivity contribution in [3.63, 3.8) is 0 Å². The highest BCUT2D eigenvalue weighted by atomic mass is 35.5. The number of carboxylic acid groups (broad SMARTS) is 1. The molecule has 3 aliphatic rings. The molecule has 1 aromatic carbocycles. The minimum Gasteiger partial charge on any atom is -0.481 e. The van der Waals surface area contributed by atoms with Crippen molar-refractivity contribution in [3.8, 4) is 23.0 Å². The predicted octanol–water partition coefficient (Wildman–Crippen LogP) is 5.61. The summed E-state index contributed by atoms with van der Waals surface area (Å²) in [4.78, 5) is 23.1. The van der Waals surface area contributed by atoms with Crippen molar-refractivity contribution in [2.45, 2.75) is 51.2 Å². The number of hydrogen-bond acceptors (Lipinski definition) is 8. The summed E-state index contributed by atoms with van der Waals surface area (Å²) in [5, 5.41) is 19.1. The minimum absolute atomic E-state index is 0.229. The fourth-order valence-corrected chi connectivity index (χ4v) is 6.98. The second-order valence-corrected chi connectivity index (χ2v) is 12.2. The molecule has 3 aliphatic heterocycles. The highest BCUT2D eigenvalue weighted by molar-refractivity contribution is 6.35. The zero-order chi connectivity index (χ0) is 28.5. The number of aliphatic carboxylic acids is 1. The Morgan fingerprint density at radius 3 is 2.41 bits per heavy atom. The number of likely N-dealkylation sites (tertiary alicyclic amines) is 2. The van der Waals surface area contributed by atoms with E-state index in [-0.39, 0.29) is 12.3 Å². The van der Waals surface area contributed by atoms with Gasteiger partial charge in [-0.25, -0.2) is 4.98 Å². The van der Waals surface area contributed by atoms with Gasteiger partial charge in [0.15, 0.2) is 5.82 Å². The molecule has 0 radical (unpaired) electrons. The Balaban J connectivity index is 1.20. The van der Waals surface area contributed by atoms with E-state index in [2.05, 4.69) is 31.8 Å². The smallest absolute Gasteiger partial charge is 0.303 e. The largest absolute Gasteiger partial charge is 0.481 e. The molecule has 3 fully saturated rings. The molecule has 1 N–H and O–H groups in total. The maximum atomic E-state index is 11.1. The number of rotatable bonds is 9. The molecule has 0 amide bonds. The number of aromatic nitrogens is 3. The molecule has 5 heterocycles. The number of benzene rings is 1. The Bertz CT molecular complexity index is 1380. The molecular weight excluding hydrogens is 563 g/mol. The van der Waals surface area contributed by atoms with Gasteiger partial charge in [-0.05, 0) is 80.7 Å². The molecule has 6 rings (SSSR count). The van der Waals surface area contributed by atoms with Gasteiger partial charge in [0.1, 0.15) is 0 Å². The van der Waals surface area contributed by atoms with Gasteiger partial charge in [-0.1, -0.05) is 30.1 Å². The van der Waals surface area contributed by atoms with Crippen molar-refractivity contribution in [3.05, 3.63) is 58.1 Å². The van der Waals surface area contributed by atoms with Crippen molar-refractivity contribution in [1.29, 1.82) is 0 Å². The molecule has 11 heteroatoms. The summed E-state index contributed by atoms with van der Waals surface area (Å²) in [5.41, 5.74) is 2.51. The van der Waals surface area contributed by atoms with E-state index in [1.165, 1.54) is 6.42 Å². The first-order chi connectivity index (χ1) is 19.8. The van der Waals surface area contributed by atoms with Crippen LogP contribution in [0, 0.1) is 5.92 Å². The van der Waals surface area contributed by atoms with Gasteiger partial charge in [0.25, 0.3) is 0 Å². The number of likely N-dealkylation sites (N-methyl/N-ethyl adjacent to an activating group) is 1. The van der Waals surface area contributed by atoms with Crippen LogP contribution in [0.4, 0.5) is 5.82 Å². The van der Waals surface area contributed by atoms with Gasteiger partial charge in [-0.2, -0.15) is 0 Å². The molecule has 2 aromatic heterocycles. The summed E-state index contributed by atoms with van der Waals surface area (Å²) < 4.78 is 6.14. The first-order valence-corrected chi connectivity index (χ1v) is 15.0. The van der Waals surface area contributed by atoms with Gasteiger partial charge >= 0.3 is 5.97 Å². The van der Waals surface area contributed by atoms with E-state index in [1.54, 1.807) is 6.07 Å². The van der Waals surface area contributed by atoms with Crippen LogP contribution in [0.2, 0.25) is 10.0 Å². The zero-order valence-corrected chi connectivity index (χ0v) is 24.6. The van der Waals surface area contributed by atoms with Crippen LogP contribution in [0.25, 0.3) is 11.3 Å². The van der Waals surface area contributed by atoms with Crippen molar-refractivity contribution in [2.24, 2.45) is 5.92 Å². The van der Waals surface area contributed by atoms with Gasteiger partial charge in [-0.3, -0.25) is 14.6 Å². The second-order valence-electron chi connectivity index (χ2n) is 11.3. The molecule has 0 saturated carbocycles. The standard InChI is InChI=1S/C30H34Cl2N6O3/c1-2-37-17-25-15-24(37)18-38(25)27-3-4-28(35-34-27)41-29-10-20(16-36-7-5-19(6-8-36)11-30(39)40)9-26(33-29)21-12-22(31)14-23(32)13-21/h3-4,9-10,12-14,19,24-25H,2,5-8,11,15-18H2,1H3,(H,39,40)/t24-,25-/m0/s1. The van der Waals surface area contributed by atoms with E-state index in [0.717, 1.165) is 62.5 Å². The third kappa shape index (κ3) is 6.59. The molecule has 216 valence electrons. The van der Waals surface area contributed by atoms with Crippen LogP contribution in [-0.4, -0.2) is 80.9 Å². The van der Waals surface area contributed by atoms with Crippen LogP contribution in [0.3, 0.4) is 0 Å². The Hall–Kier alpha value is -2.98. The Morgan fingerprint density at radius 2 is 1.78 bits per heavy atom. The maximum absolute atomic E-state index is 11.1. The fraction of sp³-hybridized carbons (Fsp3) is 0.467. The molecular formula is C30H34Cl2N6O3. The van der Waals surface area contributed by atoms with Crippen LogP contribution < -0.4 is 9.64 Å². The Labute approximate surface area is 250 Å². The lowest BCUT2D eigenvalue weighted by Crippen LogP contribution is -2.46. The Morgan fingerprint density at radius 1 is 1.00 bits per heavy atom. The number of pyridine rings is 1. The van der Waals surface area contributed by atoms with Gasteiger partial charge in [0.2, 0.25) is 11.8 Å². The van der Waals surface area contributed by atoms with E-state index in [0.29, 0.717) is 46.1 Å². The third-order valence-electron chi connectivity index (χ3n) is 8.49. The highest BCUT2D eigenvalue weighted by Gasteiger charge is 2.43. The molecule has 2 atom stereocenters. The summed E-state index contributed by atoms with van der Waals surface area (Å²) >= 11 is 12.6. The molecule has 0 aliphatic carbocycles. The molecule has 9 nitrogen and oxygen atoms in total. The summed E-state index contributed by atoms with van der Waals surface area (Å²) in [7, 11) is 0. The Kier molecular flexibility index (Phi) is 8.30.